The molecule has 172 valence electrons. The predicted molar refractivity (Wildman–Crippen MR) is 112 cm³/mol. The van der Waals surface area contributed by atoms with E-state index >= 15 is 0 Å². The maximum absolute atomic E-state index is 13.7. The Kier molecular flexibility index (Phi) is 5.44. The third-order valence-corrected chi connectivity index (χ3v) is 6.34. The van der Waals surface area contributed by atoms with Crippen LogP contribution in [-0.2, 0) is 4.74 Å². The molecule has 0 unspecified atom stereocenters. The number of aromatic nitrogens is 4. The van der Waals surface area contributed by atoms with Crippen LogP contribution >= 0.6 is 0 Å². The number of carboxylic acid groups (broad SMARTS) is 1. The van der Waals surface area contributed by atoms with Crippen LogP contribution in [0.4, 0.5) is 25.2 Å². The Bertz CT molecular complexity index is 980. The normalized spacial score (nSPS) is 21.5. The number of amides is 1. The number of rotatable bonds is 5. The monoisotopic (exact) mass is 448 g/mol. The predicted octanol–water partition coefficient (Wildman–Crippen LogP) is 3.44. The Labute approximate surface area is 184 Å². The van der Waals surface area contributed by atoms with Crippen molar-refractivity contribution in [2.24, 2.45) is 0 Å². The highest BCUT2D eigenvalue weighted by Gasteiger charge is 2.39. The summed E-state index contributed by atoms with van der Waals surface area (Å²) in [5.41, 5.74) is 0.969. The van der Waals surface area contributed by atoms with Gasteiger partial charge < -0.3 is 14.7 Å². The molecule has 3 fully saturated rings. The zero-order chi connectivity index (χ0) is 22.3. The van der Waals surface area contributed by atoms with Crippen molar-refractivity contribution in [3.05, 3.63) is 24.0 Å². The molecule has 11 heteroatoms. The summed E-state index contributed by atoms with van der Waals surface area (Å²) >= 11 is 0. The summed E-state index contributed by atoms with van der Waals surface area (Å²) in [4.78, 5) is 24.5. The van der Waals surface area contributed by atoms with E-state index < -0.39 is 18.1 Å². The molecule has 32 heavy (non-hydrogen) atoms. The second-order valence-electron chi connectivity index (χ2n) is 8.68. The fourth-order valence-electron chi connectivity index (χ4n) is 4.36. The summed E-state index contributed by atoms with van der Waals surface area (Å²) in [5, 5.41) is 14.6. The Hall–Kier alpha value is -2.82. The van der Waals surface area contributed by atoms with Gasteiger partial charge in [0.05, 0.1) is 18.9 Å². The number of carbonyl (C=O) groups is 1. The van der Waals surface area contributed by atoms with E-state index in [9.17, 15) is 18.7 Å². The zero-order valence-electron chi connectivity index (χ0n) is 17.7. The molecule has 2 aromatic heterocycles. The molecule has 2 aliphatic carbocycles. The molecule has 1 amide bonds. The number of hydrogen-bond donors (Lipinski definition) is 1. The molecule has 5 rings (SSSR count). The third-order valence-electron chi connectivity index (χ3n) is 6.34. The summed E-state index contributed by atoms with van der Waals surface area (Å²) < 4.78 is 34.4. The molecular weight excluding hydrogens is 422 g/mol. The Morgan fingerprint density at radius 1 is 1.16 bits per heavy atom. The van der Waals surface area contributed by atoms with Gasteiger partial charge in [0.25, 0.3) is 5.95 Å². The molecule has 9 nitrogen and oxygen atoms in total. The molecule has 3 heterocycles. The summed E-state index contributed by atoms with van der Waals surface area (Å²) in [6, 6.07) is 2.99. The van der Waals surface area contributed by atoms with Gasteiger partial charge in [0, 0.05) is 50.2 Å². The highest BCUT2D eigenvalue weighted by molar-refractivity contribution is 5.86. The summed E-state index contributed by atoms with van der Waals surface area (Å²) in [6.45, 7) is 2.32. The first-order valence-corrected chi connectivity index (χ1v) is 11.1. The standard InChI is InChI=1S/C21H26F2N6O3/c22-21(23)6-3-15(4-7-21)29(20(30)31)18-13-17(27-9-11-32-12-10-27)24-19(25-18)28-8-5-16(26-28)14-1-2-14/h5,8,13-15H,1-4,6-7,9-12H2,(H,30,31). The van der Waals surface area contributed by atoms with Gasteiger partial charge in [0.15, 0.2) is 0 Å². The van der Waals surface area contributed by atoms with Crippen molar-refractivity contribution in [3.8, 4) is 5.95 Å². The molecule has 0 atom stereocenters. The third kappa shape index (κ3) is 4.38. The zero-order valence-corrected chi connectivity index (χ0v) is 17.7. The van der Waals surface area contributed by atoms with Gasteiger partial charge in [-0.3, -0.25) is 4.90 Å². The quantitative estimate of drug-likeness (QED) is 0.748. The van der Waals surface area contributed by atoms with Crippen LogP contribution in [0, 0.1) is 0 Å². The fourth-order valence-corrected chi connectivity index (χ4v) is 4.36. The molecule has 0 radical (unpaired) electrons. The number of morpholine rings is 1. The second-order valence-corrected chi connectivity index (χ2v) is 8.68. The lowest BCUT2D eigenvalue weighted by molar-refractivity contribution is -0.0379. The minimum Gasteiger partial charge on any atom is -0.465 e. The van der Waals surface area contributed by atoms with Gasteiger partial charge in [-0.15, -0.1) is 0 Å². The molecule has 0 spiro atoms. The van der Waals surface area contributed by atoms with Crippen LogP contribution in [0.15, 0.2) is 18.3 Å². The smallest absolute Gasteiger partial charge is 0.413 e. The van der Waals surface area contributed by atoms with Crippen molar-refractivity contribution in [2.45, 2.75) is 56.4 Å². The van der Waals surface area contributed by atoms with Crippen molar-refractivity contribution < 1.29 is 23.4 Å². The molecule has 1 aliphatic heterocycles. The average molecular weight is 448 g/mol. The van der Waals surface area contributed by atoms with Crippen LogP contribution in [0.1, 0.15) is 50.1 Å². The lowest BCUT2D eigenvalue weighted by Crippen LogP contribution is -2.44. The molecule has 0 bridgehead atoms. The minimum atomic E-state index is -2.75. The van der Waals surface area contributed by atoms with E-state index in [1.54, 1.807) is 16.9 Å². The molecule has 2 aromatic rings. The summed E-state index contributed by atoms with van der Waals surface area (Å²) in [5.74, 6) is -1.27. The second kappa shape index (κ2) is 8.27. The van der Waals surface area contributed by atoms with E-state index in [0.29, 0.717) is 38.0 Å². The number of halogens is 2. The topological polar surface area (TPSA) is 96.6 Å². The summed E-state index contributed by atoms with van der Waals surface area (Å²) in [7, 11) is 0. The first-order valence-electron chi connectivity index (χ1n) is 11.1. The molecule has 2 saturated carbocycles. The number of hydrogen-bond acceptors (Lipinski definition) is 6. The van der Waals surface area contributed by atoms with E-state index in [4.69, 9.17) is 4.74 Å². The highest BCUT2D eigenvalue weighted by atomic mass is 19.3. The largest absolute Gasteiger partial charge is 0.465 e. The minimum absolute atomic E-state index is 0.0825. The van der Waals surface area contributed by atoms with E-state index in [1.807, 2.05) is 11.0 Å². The van der Waals surface area contributed by atoms with Gasteiger partial charge in [0.2, 0.25) is 5.92 Å². The van der Waals surface area contributed by atoms with Gasteiger partial charge in [0.1, 0.15) is 11.6 Å². The van der Waals surface area contributed by atoms with Crippen LogP contribution in [0.25, 0.3) is 5.95 Å². The number of nitrogens with zero attached hydrogens (tertiary/aromatic N) is 6. The first-order chi connectivity index (χ1) is 15.4. The van der Waals surface area contributed by atoms with Crippen LogP contribution in [0.2, 0.25) is 0 Å². The van der Waals surface area contributed by atoms with Gasteiger partial charge in [-0.05, 0) is 31.7 Å². The molecule has 1 N–H and O–H groups in total. The van der Waals surface area contributed by atoms with E-state index in [1.165, 1.54) is 0 Å². The number of ether oxygens (including phenoxy) is 1. The number of anilines is 2. The number of alkyl halides is 2. The van der Waals surface area contributed by atoms with Crippen molar-refractivity contribution in [3.63, 3.8) is 0 Å². The Morgan fingerprint density at radius 2 is 1.88 bits per heavy atom. The highest BCUT2D eigenvalue weighted by Crippen LogP contribution is 2.39. The fraction of sp³-hybridized carbons (Fsp3) is 0.619. The molecule has 3 aliphatic rings. The van der Waals surface area contributed by atoms with E-state index in [0.717, 1.165) is 23.4 Å². The SMILES string of the molecule is O=C(O)N(c1cc(N2CCOCC2)nc(-n2ccc(C3CC3)n2)n1)C1CCC(F)(F)CC1. The first kappa shape index (κ1) is 21.0. The van der Waals surface area contributed by atoms with Crippen LogP contribution in [-0.4, -0.2) is 69.2 Å². The maximum Gasteiger partial charge on any atom is 0.413 e. The van der Waals surface area contributed by atoms with Crippen molar-refractivity contribution in [2.75, 3.05) is 36.1 Å². The van der Waals surface area contributed by atoms with Crippen molar-refractivity contribution in [1.82, 2.24) is 19.7 Å². The lowest BCUT2D eigenvalue weighted by Gasteiger charge is -2.35. The van der Waals surface area contributed by atoms with Crippen molar-refractivity contribution >= 4 is 17.7 Å². The van der Waals surface area contributed by atoms with Gasteiger partial charge in [-0.1, -0.05) is 0 Å². The Balaban J connectivity index is 1.52. The van der Waals surface area contributed by atoms with E-state index in [2.05, 4.69) is 15.1 Å². The van der Waals surface area contributed by atoms with E-state index in [-0.39, 0.29) is 37.4 Å². The Morgan fingerprint density at radius 3 is 2.53 bits per heavy atom. The maximum atomic E-state index is 13.7. The lowest BCUT2D eigenvalue weighted by atomic mass is 9.91. The molecule has 1 saturated heterocycles. The van der Waals surface area contributed by atoms with Gasteiger partial charge >= 0.3 is 6.09 Å². The van der Waals surface area contributed by atoms with Crippen molar-refractivity contribution in [1.29, 1.82) is 0 Å². The average Bonchev–Trinajstić information content (AvgIpc) is 3.52. The van der Waals surface area contributed by atoms with Crippen LogP contribution < -0.4 is 9.80 Å². The molecule has 0 aromatic carbocycles. The summed E-state index contributed by atoms with van der Waals surface area (Å²) in [6.07, 6.45) is 2.28. The van der Waals surface area contributed by atoms with Crippen LogP contribution in [0.3, 0.4) is 0 Å². The van der Waals surface area contributed by atoms with Gasteiger partial charge in [-0.2, -0.15) is 15.1 Å². The van der Waals surface area contributed by atoms with Gasteiger partial charge in [-0.25, -0.2) is 18.3 Å². The molecular formula is C21H26F2N6O3. The van der Waals surface area contributed by atoms with Crippen LogP contribution in [0.5, 0.6) is 0 Å².